The maximum Gasteiger partial charge on any atom is 0.308 e. The van der Waals surface area contributed by atoms with Gasteiger partial charge >= 0.3 is 4.87 Å². The number of aromatic nitrogens is 2. The smallest absolute Gasteiger partial charge is 0.308 e. The van der Waals surface area contributed by atoms with Gasteiger partial charge in [0.25, 0.3) is 0 Å². The first kappa shape index (κ1) is 25.5. The van der Waals surface area contributed by atoms with Crippen molar-refractivity contribution in [1.29, 1.82) is 0 Å². The second-order valence-corrected chi connectivity index (χ2v) is 11.9. The van der Waals surface area contributed by atoms with Crippen LogP contribution in [0.15, 0.2) is 82.9 Å². The van der Waals surface area contributed by atoms with E-state index >= 15 is 0 Å². The lowest BCUT2D eigenvalue weighted by Gasteiger charge is -2.30. The number of nitrogens with zero attached hydrogens (tertiary/aromatic N) is 3. The van der Waals surface area contributed by atoms with Gasteiger partial charge in [-0.1, -0.05) is 58.5 Å². The number of anilines is 2. The van der Waals surface area contributed by atoms with Gasteiger partial charge in [0.15, 0.2) is 0 Å². The lowest BCUT2D eigenvalue weighted by atomic mass is 9.84. The monoisotopic (exact) mass is 576 g/mol. The first-order valence-corrected chi connectivity index (χ1v) is 14.2. The summed E-state index contributed by atoms with van der Waals surface area (Å²) in [5.74, 6) is -2.37. The zero-order valence-corrected chi connectivity index (χ0v) is 22.9. The maximum atomic E-state index is 13.8. The molecule has 8 nitrogen and oxygen atoms in total. The highest BCUT2D eigenvalue weighted by Gasteiger charge is 2.56. The molecule has 11 heteroatoms. The van der Waals surface area contributed by atoms with E-state index < -0.39 is 17.1 Å². The third-order valence-electron chi connectivity index (χ3n) is 6.81. The Balaban J connectivity index is 1.39. The largest absolute Gasteiger partial charge is 0.325 e. The molecular weight excluding hydrogens is 556 g/mol. The van der Waals surface area contributed by atoms with E-state index in [-0.39, 0.29) is 29.1 Å². The molecule has 0 spiro atoms. The van der Waals surface area contributed by atoms with Gasteiger partial charge in [0.2, 0.25) is 17.7 Å². The number of nitrogens with one attached hydrogen (secondary N) is 1. The van der Waals surface area contributed by atoms with Crippen LogP contribution in [-0.2, 0) is 20.9 Å². The highest BCUT2D eigenvalue weighted by molar-refractivity contribution is 8.00. The van der Waals surface area contributed by atoms with Crippen LogP contribution in [0.3, 0.4) is 0 Å². The van der Waals surface area contributed by atoms with Gasteiger partial charge in [-0.25, -0.2) is 4.90 Å². The average Bonchev–Trinajstić information content (AvgIpc) is 3.37. The van der Waals surface area contributed by atoms with Crippen molar-refractivity contribution in [3.63, 3.8) is 0 Å². The number of imide groups is 1. The Hall–Kier alpha value is -3.73. The van der Waals surface area contributed by atoms with Crippen molar-refractivity contribution in [1.82, 2.24) is 9.55 Å². The van der Waals surface area contributed by atoms with E-state index in [9.17, 15) is 19.2 Å². The molecule has 0 radical (unpaired) electrons. The Kier molecular flexibility index (Phi) is 6.62. The molecule has 2 aliphatic rings. The molecule has 2 aromatic carbocycles. The van der Waals surface area contributed by atoms with Crippen molar-refractivity contribution in [3.05, 3.63) is 104 Å². The summed E-state index contributed by atoms with van der Waals surface area (Å²) in [5.41, 5.74) is 2.85. The molecule has 196 valence electrons. The number of thioether (sulfide) groups is 1. The van der Waals surface area contributed by atoms with Crippen molar-refractivity contribution >= 4 is 63.8 Å². The predicted molar refractivity (Wildman–Crippen MR) is 152 cm³/mol. The standard InChI is InChI=1S/C28H21ClN4O4S2/c1-15-4-8-18(9-5-15)31-20(34)14-32-27-24(39-28(32)37)21(16-3-2-12-30-13-16)22-23(38-27)26(36)33(25(22)35)19-10-6-17(29)7-11-19/h2-13,21-23H,14H2,1H3,(H,31,34). The Morgan fingerprint density at radius 3 is 2.46 bits per heavy atom. The van der Waals surface area contributed by atoms with Crippen LogP contribution < -0.4 is 15.1 Å². The lowest BCUT2D eigenvalue weighted by molar-refractivity contribution is -0.122. The zero-order valence-electron chi connectivity index (χ0n) is 20.5. The lowest BCUT2D eigenvalue weighted by Crippen LogP contribution is -2.33. The molecule has 1 fully saturated rings. The summed E-state index contributed by atoms with van der Waals surface area (Å²) in [5, 5.41) is 3.07. The fraction of sp³-hybridized carbons (Fsp3) is 0.179. The molecule has 39 heavy (non-hydrogen) atoms. The number of carbonyl (C=O) groups is 3. The van der Waals surface area contributed by atoms with Crippen LogP contribution in [0.5, 0.6) is 0 Å². The molecule has 2 aliphatic heterocycles. The summed E-state index contributed by atoms with van der Waals surface area (Å²) >= 11 is 8.20. The Morgan fingerprint density at radius 1 is 1.03 bits per heavy atom. The average molecular weight is 577 g/mol. The SMILES string of the molecule is Cc1ccc(NC(=O)Cn2c3c(sc2=O)C(c2cccnc2)C2C(=O)N(c4ccc(Cl)cc4)C(=O)C2S3)cc1. The molecule has 6 rings (SSSR count). The van der Waals surface area contributed by atoms with Crippen molar-refractivity contribution < 1.29 is 14.4 Å². The summed E-state index contributed by atoms with van der Waals surface area (Å²) in [4.78, 5) is 59.4. The van der Waals surface area contributed by atoms with Crippen molar-refractivity contribution in [2.75, 3.05) is 10.2 Å². The number of aryl methyl sites for hydroxylation is 1. The van der Waals surface area contributed by atoms with E-state index in [0.717, 1.165) is 22.5 Å². The minimum absolute atomic E-state index is 0.217. The molecule has 2 aromatic heterocycles. The van der Waals surface area contributed by atoms with E-state index in [0.29, 0.717) is 26.3 Å². The van der Waals surface area contributed by atoms with Crippen LogP contribution >= 0.6 is 34.7 Å². The van der Waals surface area contributed by atoms with E-state index in [1.165, 1.54) is 21.2 Å². The molecule has 0 bridgehead atoms. The summed E-state index contributed by atoms with van der Waals surface area (Å²) in [6.07, 6.45) is 3.28. The molecule has 4 heterocycles. The van der Waals surface area contributed by atoms with Crippen LogP contribution in [0.1, 0.15) is 21.9 Å². The van der Waals surface area contributed by atoms with Gasteiger partial charge in [0, 0.05) is 33.9 Å². The number of fused-ring (bicyclic) bond motifs is 2. The number of halogens is 1. The topological polar surface area (TPSA) is 101 Å². The Bertz CT molecular complexity index is 1650. The fourth-order valence-corrected chi connectivity index (χ4v) is 7.90. The van der Waals surface area contributed by atoms with Crippen molar-refractivity contribution in [2.24, 2.45) is 5.92 Å². The molecular formula is C28H21ClN4O4S2. The van der Waals surface area contributed by atoms with Crippen LogP contribution in [0.2, 0.25) is 5.02 Å². The van der Waals surface area contributed by atoms with Crippen LogP contribution in [0.25, 0.3) is 0 Å². The first-order chi connectivity index (χ1) is 18.8. The van der Waals surface area contributed by atoms with Gasteiger partial charge in [-0.05, 0) is 55.0 Å². The minimum Gasteiger partial charge on any atom is -0.325 e. The molecule has 0 saturated carbocycles. The van der Waals surface area contributed by atoms with Gasteiger partial charge in [0.05, 0.1) is 16.6 Å². The number of hydrogen-bond acceptors (Lipinski definition) is 7. The summed E-state index contributed by atoms with van der Waals surface area (Å²) < 4.78 is 1.40. The van der Waals surface area contributed by atoms with Gasteiger partial charge in [-0.15, -0.1) is 0 Å². The molecule has 1 N–H and O–H groups in total. The zero-order chi connectivity index (χ0) is 27.3. The van der Waals surface area contributed by atoms with Crippen LogP contribution in [0, 0.1) is 12.8 Å². The number of amides is 3. The number of pyridine rings is 1. The molecule has 3 atom stereocenters. The highest BCUT2D eigenvalue weighted by atomic mass is 35.5. The van der Waals surface area contributed by atoms with Crippen molar-refractivity contribution in [3.8, 4) is 0 Å². The van der Waals surface area contributed by atoms with E-state index in [1.54, 1.807) is 54.9 Å². The summed E-state index contributed by atoms with van der Waals surface area (Å²) in [6, 6.07) is 17.5. The highest BCUT2D eigenvalue weighted by Crippen LogP contribution is 2.53. The Morgan fingerprint density at radius 2 is 1.77 bits per heavy atom. The molecule has 0 aliphatic carbocycles. The normalized spacial score (nSPS) is 20.1. The molecule has 3 amide bonds. The molecule has 4 aromatic rings. The Labute approximate surface area is 236 Å². The quantitative estimate of drug-likeness (QED) is 0.346. The third kappa shape index (κ3) is 4.58. The number of rotatable bonds is 5. The van der Waals surface area contributed by atoms with Gasteiger partial charge in [-0.2, -0.15) is 0 Å². The van der Waals surface area contributed by atoms with Crippen molar-refractivity contribution in [2.45, 2.75) is 29.7 Å². The van der Waals surface area contributed by atoms with Gasteiger partial charge in [-0.3, -0.25) is 28.7 Å². The fourth-order valence-electron chi connectivity index (χ4n) is 5.00. The minimum atomic E-state index is -0.772. The van der Waals surface area contributed by atoms with Crippen LogP contribution in [0.4, 0.5) is 11.4 Å². The number of hydrogen-bond donors (Lipinski definition) is 1. The van der Waals surface area contributed by atoms with Gasteiger partial charge < -0.3 is 5.32 Å². The summed E-state index contributed by atoms with van der Waals surface area (Å²) in [7, 11) is 0. The van der Waals surface area contributed by atoms with Crippen LogP contribution in [-0.4, -0.2) is 32.5 Å². The number of benzene rings is 2. The molecule has 3 unspecified atom stereocenters. The third-order valence-corrected chi connectivity index (χ3v) is 9.67. The predicted octanol–water partition coefficient (Wildman–Crippen LogP) is 4.70. The van der Waals surface area contributed by atoms with E-state index in [2.05, 4.69) is 10.3 Å². The second-order valence-electron chi connectivity index (χ2n) is 9.35. The number of thiazole rings is 1. The molecule has 1 saturated heterocycles. The maximum absolute atomic E-state index is 13.8. The number of carbonyl (C=O) groups excluding carboxylic acids is 3. The van der Waals surface area contributed by atoms with E-state index in [4.69, 9.17) is 11.6 Å². The summed E-state index contributed by atoms with van der Waals surface area (Å²) in [6.45, 7) is 1.74. The van der Waals surface area contributed by atoms with E-state index in [1.807, 2.05) is 25.1 Å². The first-order valence-electron chi connectivity index (χ1n) is 12.1. The van der Waals surface area contributed by atoms with Gasteiger partial charge in [0.1, 0.15) is 11.8 Å². The second kappa shape index (κ2) is 10.1.